The number of nitrogens with one attached hydrogen (secondary N) is 1. The van der Waals surface area contributed by atoms with Gasteiger partial charge in [-0.15, -0.1) is 11.3 Å². The zero-order valence-corrected chi connectivity index (χ0v) is 19.2. The van der Waals surface area contributed by atoms with Gasteiger partial charge in [0.2, 0.25) is 0 Å². The largest absolute Gasteiger partial charge is 0.507 e. The number of carbonyl (C=O) groups excluding carboxylic acids is 1. The number of nitrogens with zero attached hydrogens (tertiary/aromatic N) is 2. The number of aromatic nitrogens is 1. The van der Waals surface area contributed by atoms with Crippen LogP contribution >= 0.6 is 23.1 Å². The summed E-state index contributed by atoms with van der Waals surface area (Å²) < 4.78 is 7.29. The molecule has 4 aromatic rings. The molecular formula is C24H21N3O3S2. The molecule has 0 aliphatic heterocycles. The van der Waals surface area contributed by atoms with E-state index >= 15 is 0 Å². The molecule has 0 unspecified atom stereocenters. The average molecular weight is 464 g/mol. The van der Waals surface area contributed by atoms with Gasteiger partial charge >= 0.3 is 0 Å². The molecule has 0 aliphatic rings. The van der Waals surface area contributed by atoms with Gasteiger partial charge in [-0.1, -0.05) is 36.0 Å². The van der Waals surface area contributed by atoms with E-state index in [9.17, 15) is 9.90 Å². The minimum atomic E-state index is -0.317. The number of rotatable bonds is 7. The highest BCUT2D eigenvalue weighted by Crippen LogP contribution is 2.31. The van der Waals surface area contributed by atoms with Crippen molar-refractivity contribution in [2.24, 2.45) is 5.10 Å². The summed E-state index contributed by atoms with van der Waals surface area (Å²) in [6.07, 6.45) is 0. The second-order valence-electron chi connectivity index (χ2n) is 6.95. The number of hydrazone groups is 1. The summed E-state index contributed by atoms with van der Waals surface area (Å²) in [6, 6.07) is 20.4. The Morgan fingerprint density at radius 2 is 1.94 bits per heavy atom. The topological polar surface area (TPSA) is 83.8 Å². The lowest BCUT2D eigenvalue weighted by molar-refractivity contribution is 0.0955. The summed E-state index contributed by atoms with van der Waals surface area (Å²) in [5, 5.41) is 14.2. The van der Waals surface area contributed by atoms with Crippen LogP contribution in [0.4, 0.5) is 0 Å². The number of fused-ring (bicyclic) bond motifs is 1. The standard InChI is InChI=1S/C24H21N3O3S2/c1-15(19-12-11-18(30-2)13-21(19)28)26-27-23(29)17-9-7-16(8-10-17)14-31-24-25-20-5-3-4-6-22(20)32-24/h3-13,28H,14H2,1-2H3,(H,27,29). The van der Waals surface area contributed by atoms with Crippen molar-refractivity contribution < 1.29 is 14.6 Å². The van der Waals surface area contributed by atoms with Gasteiger partial charge in [0.05, 0.1) is 23.0 Å². The van der Waals surface area contributed by atoms with E-state index in [0.717, 1.165) is 21.2 Å². The molecule has 0 fully saturated rings. The first-order valence-electron chi connectivity index (χ1n) is 9.83. The number of phenols is 1. The van der Waals surface area contributed by atoms with Crippen molar-refractivity contribution in [3.05, 3.63) is 83.4 Å². The van der Waals surface area contributed by atoms with E-state index in [1.165, 1.54) is 17.9 Å². The van der Waals surface area contributed by atoms with Crippen LogP contribution in [0.15, 0.2) is 76.2 Å². The number of amides is 1. The Labute approximate surface area is 194 Å². The van der Waals surface area contributed by atoms with Gasteiger partial charge in [0.1, 0.15) is 11.5 Å². The fraction of sp³-hybridized carbons (Fsp3) is 0.125. The second kappa shape index (κ2) is 9.84. The minimum Gasteiger partial charge on any atom is -0.507 e. The monoisotopic (exact) mass is 463 g/mol. The molecule has 0 saturated carbocycles. The van der Waals surface area contributed by atoms with E-state index < -0.39 is 0 Å². The molecule has 8 heteroatoms. The average Bonchev–Trinajstić information content (AvgIpc) is 3.24. The van der Waals surface area contributed by atoms with Gasteiger partial charge in [0, 0.05) is 22.9 Å². The molecule has 32 heavy (non-hydrogen) atoms. The zero-order chi connectivity index (χ0) is 22.5. The molecular weight excluding hydrogens is 442 g/mol. The number of thioether (sulfide) groups is 1. The predicted octanol–water partition coefficient (Wildman–Crippen LogP) is 5.46. The Kier molecular flexibility index (Phi) is 6.72. The van der Waals surface area contributed by atoms with Crippen molar-refractivity contribution in [2.75, 3.05) is 7.11 Å². The lowest BCUT2D eigenvalue weighted by Gasteiger charge is -2.07. The summed E-state index contributed by atoms with van der Waals surface area (Å²) in [4.78, 5) is 17.1. The maximum absolute atomic E-state index is 12.4. The zero-order valence-electron chi connectivity index (χ0n) is 17.5. The molecule has 1 heterocycles. The van der Waals surface area contributed by atoms with Gasteiger partial charge in [0.15, 0.2) is 4.34 Å². The first-order chi connectivity index (χ1) is 15.5. The number of carbonyl (C=O) groups is 1. The van der Waals surface area contributed by atoms with Crippen LogP contribution in [0.5, 0.6) is 11.5 Å². The Morgan fingerprint density at radius 3 is 2.66 bits per heavy atom. The number of phenolic OH excluding ortho intramolecular Hbond substituents is 1. The lowest BCUT2D eigenvalue weighted by Crippen LogP contribution is -2.19. The fourth-order valence-corrected chi connectivity index (χ4v) is 5.04. The highest BCUT2D eigenvalue weighted by molar-refractivity contribution is 8.00. The van der Waals surface area contributed by atoms with Gasteiger partial charge < -0.3 is 9.84 Å². The lowest BCUT2D eigenvalue weighted by atomic mass is 10.1. The van der Waals surface area contributed by atoms with Crippen LogP contribution in [0.2, 0.25) is 0 Å². The van der Waals surface area contributed by atoms with Crippen molar-refractivity contribution in [2.45, 2.75) is 17.0 Å². The number of ether oxygens (including phenoxy) is 1. The summed E-state index contributed by atoms with van der Waals surface area (Å²) in [5.41, 5.74) is 6.18. The molecule has 3 aromatic carbocycles. The number of para-hydroxylation sites is 1. The van der Waals surface area contributed by atoms with Crippen LogP contribution in [0.1, 0.15) is 28.4 Å². The third-order valence-corrected chi connectivity index (χ3v) is 7.02. The molecule has 0 bridgehead atoms. The first-order valence-corrected chi connectivity index (χ1v) is 11.6. The number of benzene rings is 3. The molecule has 0 radical (unpaired) electrons. The summed E-state index contributed by atoms with van der Waals surface area (Å²) >= 11 is 3.36. The van der Waals surface area contributed by atoms with Crippen molar-refractivity contribution in [3.8, 4) is 11.5 Å². The molecule has 0 spiro atoms. The van der Waals surface area contributed by atoms with Crippen LogP contribution in [0, 0.1) is 0 Å². The number of hydrogen-bond acceptors (Lipinski definition) is 7. The summed E-state index contributed by atoms with van der Waals surface area (Å²) in [6.45, 7) is 1.71. The normalized spacial score (nSPS) is 11.5. The molecule has 0 atom stereocenters. The van der Waals surface area contributed by atoms with Crippen molar-refractivity contribution in [3.63, 3.8) is 0 Å². The van der Waals surface area contributed by atoms with Gasteiger partial charge in [0.25, 0.3) is 5.91 Å². The molecule has 1 amide bonds. The van der Waals surface area contributed by atoms with Crippen molar-refractivity contribution in [1.82, 2.24) is 10.4 Å². The minimum absolute atomic E-state index is 0.0369. The predicted molar refractivity (Wildman–Crippen MR) is 130 cm³/mol. The molecule has 6 nitrogen and oxygen atoms in total. The summed E-state index contributed by atoms with van der Waals surface area (Å²) in [5.74, 6) is 1.04. The molecule has 162 valence electrons. The third-order valence-electron chi connectivity index (χ3n) is 4.77. The molecule has 0 aliphatic carbocycles. The van der Waals surface area contributed by atoms with Gasteiger partial charge in [-0.3, -0.25) is 4.79 Å². The highest BCUT2D eigenvalue weighted by atomic mass is 32.2. The SMILES string of the molecule is COc1ccc(C(C)=NNC(=O)c2ccc(CSc3nc4ccccc4s3)cc2)c(O)c1. The molecule has 2 N–H and O–H groups in total. The Balaban J connectivity index is 1.35. The fourth-order valence-electron chi connectivity index (χ4n) is 3.01. The maximum Gasteiger partial charge on any atom is 0.271 e. The molecule has 0 saturated heterocycles. The van der Waals surface area contributed by atoms with E-state index in [2.05, 4.69) is 21.6 Å². The van der Waals surface area contributed by atoms with Crippen LogP contribution in [-0.2, 0) is 5.75 Å². The maximum atomic E-state index is 12.4. The Bertz CT molecular complexity index is 1250. The van der Waals surface area contributed by atoms with Crippen LogP contribution in [0.3, 0.4) is 0 Å². The van der Waals surface area contributed by atoms with E-state index in [1.807, 2.05) is 30.3 Å². The summed E-state index contributed by atoms with van der Waals surface area (Å²) in [7, 11) is 1.53. The van der Waals surface area contributed by atoms with Crippen LogP contribution < -0.4 is 10.2 Å². The third kappa shape index (κ3) is 5.09. The molecule has 1 aromatic heterocycles. The van der Waals surface area contributed by atoms with Crippen molar-refractivity contribution in [1.29, 1.82) is 0 Å². The van der Waals surface area contributed by atoms with E-state index in [4.69, 9.17) is 4.74 Å². The van der Waals surface area contributed by atoms with Gasteiger partial charge in [-0.2, -0.15) is 5.10 Å². The van der Waals surface area contributed by atoms with Crippen LogP contribution in [0.25, 0.3) is 10.2 Å². The first kappa shape index (κ1) is 21.9. The van der Waals surface area contributed by atoms with E-state index in [1.54, 1.807) is 54.3 Å². The number of hydrogen-bond donors (Lipinski definition) is 2. The number of methoxy groups -OCH3 is 1. The second-order valence-corrected chi connectivity index (χ2v) is 9.21. The van der Waals surface area contributed by atoms with Gasteiger partial charge in [-0.25, -0.2) is 10.4 Å². The smallest absolute Gasteiger partial charge is 0.271 e. The van der Waals surface area contributed by atoms with Crippen LogP contribution in [-0.4, -0.2) is 28.8 Å². The van der Waals surface area contributed by atoms with E-state index in [0.29, 0.717) is 22.6 Å². The quantitative estimate of drug-likeness (QED) is 0.216. The number of aromatic hydroxyl groups is 1. The van der Waals surface area contributed by atoms with Gasteiger partial charge in [-0.05, 0) is 48.9 Å². The number of thiazole rings is 1. The van der Waals surface area contributed by atoms with Crippen molar-refractivity contribution >= 4 is 44.9 Å². The molecule has 4 rings (SSSR count). The Hall–Kier alpha value is -3.36. The highest BCUT2D eigenvalue weighted by Gasteiger charge is 2.09. The Morgan fingerprint density at radius 1 is 1.16 bits per heavy atom. The van der Waals surface area contributed by atoms with E-state index in [-0.39, 0.29) is 11.7 Å².